The molecule has 7 nitrogen and oxygen atoms in total. The van der Waals surface area contributed by atoms with E-state index >= 15 is 0 Å². The highest BCUT2D eigenvalue weighted by atomic mass is 16.6. The van der Waals surface area contributed by atoms with E-state index in [2.05, 4.69) is 4.98 Å². The van der Waals surface area contributed by atoms with Crippen LogP contribution in [0.5, 0.6) is 5.75 Å². The molecule has 0 bridgehead atoms. The first-order valence-corrected chi connectivity index (χ1v) is 8.99. The molecule has 0 fully saturated rings. The summed E-state index contributed by atoms with van der Waals surface area (Å²) in [6.07, 6.45) is 0. The highest BCUT2D eigenvalue weighted by molar-refractivity contribution is 6.02. The molecule has 0 radical (unpaired) electrons. The zero-order valence-electron chi connectivity index (χ0n) is 16.8. The third kappa shape index (κ3) is 5.22. The number of benzene rings is 1. The molecule has 7 heteroatoms. The van der Waals surface area contributed by atoms with Crippen molar-refractivity contribution < 1.29 is 28.6 Å². The Morgan fingerprint density at radius 2 is 1.57 bits per heavy atom. The lowest BCUT2D eigenvalue weighted by Gasteiger charge is -2.08. The lowest BCUT2D eigenvalue weighted by molar-refractivity contribution is -0.144. The maximum Gasteiger partial charge on any atom is 0.344 e. The van der Waals surface area contributed by atoms with E-state index in [9.17, 15) is 14.4 Å². The molecule has 28 heavy (non-hydrogen) atoms. The van der Waals surface area contributed by atoms with Crippen LogP contribution in [0.15, 0.2) is 18.2 Å². The summed E-state index contributed by atoms with van der Waals surface area (Å²) >= 11 is 0. The Bertz CT molecular complexity index is 876. The summed E-state index contributed by atoms with van der Waals surface area (Å²) < 4.78 is 15.4. The average molecular weight is 387 g/mol. The molecule has 2 rings (SSSR count). The molecule has 0 aliphatic rings. The van der Waals surface area contributed by atoms with Gasteiger partial charge in [-0.25, -0.2) is 9.59 Å². The fraction of sp³-hybridized carbons (Fsp3) is 0.381. The first-order valence-electron chi connectivity index (χ1n) is 8.99. The fourth-order valence-corrected chi connectivity index (χ4v) is 2.96. The molecule has 0 aliphatic heterocycles. The Balaban J connectivity index is 1.94. The average Bonchev–Trinajstić information content (AvgIpc) is 2.91. The summed E-state index contributed by atoms with van der Waals surface area (Å²) in [5.74, 6) is -1.02. The Kier molecular flexibility index (Phi) is 6.98. The van der Waals surface area contributed by atoms with Gasteiger partial charge < -0.3 is 19.2 Å². The summed E-state index contributed by atoms with van der Waals surface area (Å²) in [6.45, 7) is 8.40. The predicted octanol–water partition coefficient (Wildman–Crippen LogP) is 3.23. The van der Waals surface area contributed by atoms with Gasteiger partial charge in [0.15, 0.2) is 13.2 Å². The first kappa shape index (κ1) is 21.2. The highest BCUT2D eigenvalue weighted by Gasteiger charge is 2.23. The molecule has 0 unspecified atom stereocenters. The van der Waals surface area contributed by atoms with Gasteiger partial charge in [0, 0.05) is 5.69 Å². The second-order valence-electron chi connectivity index (χ2n) is 6.54. The fourth-order valence-electron chi connectivity index (χ4n) is 2.96. The second kappa shape index (κ2) is 9.21. The molecule has 150 valence electrons. The monoisotopic (exact) mass is 387 g/mol. The van der Waals surface area contributed by atoms with Crippen molar-refractivity contribution in [2.75, 3.05) is 19.8 Å². The Morgan fingerprint density at radius 3 is 2.18 bits per heavy atom. The van der Waals surface area contributed by atoms with Gasteiger partial charge in [0.25, 0.3) is 0 Å². The maximum atomic E-state index is 12.4. The number of aryl methyl sites for hydroxylation is 3. The quantitative estimate of drug-likeness (QED) is 0.552. The van der Waals surface area contributed by atoms with Gasteiger partial charge in [-0.3, -0.25) is 4.79 Å². The van der Waals surface area contributed by atoms with E-state index in [-0.39, 0.29) is 18.9 Å². The molecule has 0 aliphatic carbocycles. The van der Waals surface area contributed by atoms with Crippen LogP contribution in [0.4, 0.5) is 0 Å². The van der Waals surface area contributed by atoms with Crippen molar-refractivity contribution in [3.63, 3.8) is 0 Å². The number of carbonyl (C=O) groups excluding carboxylic acids is 3. The normalized spacial score (nSPS) is 10.5. The van der Waals surface area contributed by atoms with Crippen molar-refractivity contribution in [2.24, 2.45) is 0 Å². The minimum absolute atomic E-state index is 0.226. The predicted molar refractivity (Wildman–Crippen MR) is 103 cm³/mol. The number of aromatic amines is 1. The summed E-state index contributed by atoms with van der Waals surface area (Å²) in [4.78, 5) is 39.1. The number of H-pyrrole nitrogens is 1. The van der Waals surface area contributed by atoms with E-state index in [1.54, 1.807) is 20.8 Å². The van der Waals surface area contributed by atoms with Crippen molar-refractivity contribution in [2.45, 2.75) is 34.6 Å². The number of carbonyl (C=O) groups is 3. The molecular formula is C21H25NO6. The summed E-state index contributed by atoms with van der Waals surface area (Å²) in [5, 5.41) is 0. The van der Waals surface area contributed by atoms with Crippen LogP contribution in [0.2, 0.25) is 0 Å². The van der Waals surface area contributed by atoms with E-state index in [1.807, 2.05) is 32.0 Å². The van der Waals surface area contributed by atoms with Crippen LogP contribution in [0.1, 0.15) is 50.2 Å². The molecule has 0 spiro atoms. The molecular weight excluding hydrogens is 362 g/mol. The first-order chi connectivity index (χ1) is 13.2. The molecule has 1 N–H and O–H groups in total. The Morgan fingerprint density at radius 1 is 0.929 bits per heavy atom. The SMILES string of the molecule is CCOC(=O)c1c(C)[nH]c(C(=O)COC(=O)COc2cc(C)cc(C)c2)c1C. The van der Waals surface area contributed by atoms with Crippen LogP contribution in [-0.4, -0.2) is 42.5 Å². The van der Waals surface area contributed by atoms with Gasteiger partial charge in [0.2, 0.25) is 5.78 Å². The minimum atomic E-state index is -0.654. The zero-order chi connectivity index (χ0) is 20.8. The molecule has 2 aromatic rings. The number of ether oxygens (including phenoxy) is 3. The van der Waals surface area contributed by atoms with E-state index in [4.69, 9.17) is 14.2 Å². The third-order valence-corrected chi connectivity index (χ3v) is 4.11. The Hall–Kier alpha value is -3.09. The number of aromatic nitrogens is 1. The van der Waals surface area contributed by atoms with Crippen molar-refractivity contribution in [1.82, 2.24) is 4.98 Å². The summed E-state index contributed by atoms with van der Waals surface area (Å²) in [6, 6.07) is 5.62. The maximum absolute atomic E-state index is 12.4. The minimum Gasteiger partial charge on any atom is -0.482 e. The second-order valence-corrected chi connectivity index (χ2v) is 6.54. The number of ketones is 1. The van der Waals surface area contributed by atoms with Crippen LogP contribution >= 0.6 is 0 Å². The van der Waals surface area contributed by atoms with Crippen molar-refractivity contribution in [1.29, 1.82) is 0 Å². The van der Waals surface area contributed by atoms with Crippen molar-refractivity contribution in [3.8, 4) is 5.75 Å². The van der Waals surface area contributed by atoms with Crippen LogP contribution in [-0.2, 0) is 14.3 Å². The van der Waals surface area contributed by atoms with Gasteiger partial charge in [0.1, 0.15) is 5.75 Å². The molecule has 1 heterocycles. The van der Waals surface area contributed by atoms with Gasteiger partial charge in [-0.15, -0.1) is 0 Å². The van der Waals surface area contributed by atoms with Gasteiger partial charge in [-0.2, -0.15) is 0 Å². The van der Waals surface area contributed by atoms with Crippen LogP contribution in [0.25, 0.3) is 0 Å². The molecule has 1 aromatic heterocycles. The number of hydrogen-bond donors (Lipinski definition) is 1. The van der Waals surface area contributed by atoms with E-state index in [1.165, 1.54) is 0 Å². The molecule has 1 aromatic carbocycles. The van der Waals surface area contributed by atoms with Crippen LogP contribution < -0.4 is 4.74 Å². The number of Topliss-reactive ketones (excluding diaryl/α,β-unsaturated/α-hetero) is 1. The largest absolute Gasteiger partial charge is 0.482 e. The summed E-state index contributed by atoms with van der Waals surface area (Å²) in [7, 11) is 0. The van der Waals surface area contributed by atoms with Crippen LogP contribution in [0, 0.1) is 27.7 Å². The van der Waals surface area contributed by atoms with E-state index in [0.29, 0.717) is 22.6 Å². The Labute approximate surface area is 164 Å². The van der Waals surface area contributed by atoms with E-state index in [0.717, 1.165) is 11.1 Å². The van der Waals surface area contributed by atoms with Gasteiger partial charge >= 0.3 is 11.9 Å². The highest BCUT2D eigenvalue weighted by Crippen LogP contribution is 2.20. The molecule has 0 amide bonds. The number of rotatable bonds is 8. The standard InChI is InChI=1S/C21H25NO6/c1-6-26-21(25)19-14(4)20(22-15(19)5)17(23)10-28-18(24)11-27-16-8-12(2)7-13(3)9-16/h7-9,22H,6,10-11H2,1-5H3. The van der Waals surface area contributed by atoms with Gasteiger partial charge in [-0.1, -0.05) is 6.07 Å². The number of esters is 2. The van der Waals surface area contributed by atoms with Gasteiger partial charge in [-0.05, 0) is 63.4 Å². The smallest absolute Gasteiger partial charge is 0.344 e. The van der Waals surface area contributed by atoms with Gasteiger partial charge in [0.05, 0.1) is 17.9 Å². The summed E-state index contributed by atoms with van der Waals surface area (Å²) in [5.41, 5.74) is 3.60. The molecule has 0 saturated heterocycles. The number of hydrogen-bond acceptors (Lipinski definition) is 6. The van der Waals surface area contributed by atoms with Crippen molar-refractivity contribution >= 4 is 17.7 Å². The lowest BCUT2D eigenvalue weighted by atomic mass is 10.1. The zero-order valence-corrected chi connectivity index (χ0v) is 16.8. The topological polar surface area (TPSA) is 94.7 Å². The molecule has 0 saturated carbocycles. The lowest BCUT2D eigenvalue weighted by Crippen LogP contribution is -2.20. The third-order valence-electron chi connectivity index (χ3n) is 4.11. The van der Waals surface area contributed by atoms with Crippen LogP contribution in [0.3, 0.4) is 0 Å². The van der Waals surface area contributed by atoms with E-state index < -0.39 is 24.3 Å². The molecule has 0 atom stereocenters. The van der Waals surface area contributed by atoms with Crippen molar-refractivity contribution in [3.05, 3.63) is 51.8 Å². The number of nitrogens with one attached hydrogen (secondary N) is 1.